The van der Waals surface area contributed by atoms with Crippen LogP contribution in [0, 0.1) is 5.82 Å². The second-order valence-corrected chi connectivity index (χ2v) is 5.55. The molecule has 0 spiro atoms. The van der Waals surface area contributed by atoms with Crippen molar-refractivity contribution in [3.8, 4) is 0 Å². The number of hydrogen-bond donors (Lipinski definition) is 1. The third-order valence-corrected chi connectivity index (χ3v) is 3.92. The van der Waals surface area contributed by atoms with Gasteiger partial charge in [0.15, 0.2) is 0 Å². The number of carbonyl (C=O) groups excluding carboxylic acids is 1. The minimum atomic E-state index is -0.407. The summed E-state index contributed by atoms with van der Waals surface area (Å²) in [7, 11) is 0. The SMILES string of the molecule is CSc1ccc(C(=O)Nc2ccc(Br)c(F)c2)cc1. The molecule has 0 bridgehead atoms. The standard InChI is InChI=1S/C14H11BrFNOS/c1-19-11-5-2-9(3-6-11)14(18)17-10-4-7-12(15)13(16)8-10/h2-8H,1H3,(H,17,18). The molecule has 2 rings (SSSR count). The Labute approximate surface area is 123 Å². The first-order valence-electron chi connectivity index (χ1n) is 5.50. The fourth-order valence-corrected chi connectivity index (χ4v) is 2.17. The van der Waals surface area contributed by atoms with Crippen LogP contribution < -0.4 is 5.32 Å². The van der Waals surface area contributed by atoms with Crippen LogP contribution in [0.5, 0.6) is 0 Å². The molecule has 0 aliphatic carbocycles. The molecular weight excluding hydrogens is 329 g/mol. The van der Waals surface area contributed by atoms with Crippen LogP contribution in [0.2, 0.25) is 0 Å². The van der Waals surface area contributed by atoms with E-state index in [0.717, 1.165) is 4.90 Å². The fourth-order valence-electron chi connectivity index (χ4n) is 1.52. The van der Waals surface area contributed by atoms with Crippen molar-refractivity contribution in [3.63, 3.8) is 0 Å². The molecule has 0 atom stereocenters. The van der Waals surface area contributed by atoms with Gasteiger partial charge < -0.3 is 5.32 Å². The number of halogens is 2. The molecule has 98 valence electrons. The van der Waals surface area contributed by atoms with Crippen LogP contribution in [-0.2, 0) is 0 Å². The number of carbonyl (C=O) groups is 1. The Hall–Kier alpha value is -1.33. The summed E-state index contributed by atoms with van der Waals surface area (Å²) in [4.78, 5) is 13.0. The molecule has 0 aromatic heterocycles. The quantitative estimate of drug-likeness (QED) is 0.830. The van der Waals surface area contributed by atoms with E-state index in [1.165, 1.54) is 6.07 Å². The highest BCUT2D eigenvalue weighted by Crippen LogP contribution is 2.20. The maximum Gasteiger partial charge on any atom is 0.255 e. The molecule has 1 N–H and O–H groups in total. The lowest BCUT2D eigenvalue weighted by molar-refractivity contribution is 0.102. The number of thioether (sulfide) groups is 1. The third kappa shape index (κ3) is 3.58. The zero-order valence-electron chi connectivity index (χ0n) is 10.1. The van der Waals surface area contributed by atoms with Gasteiger partial charge in [0.05, 0.1) is 4.47 Å². The summed E-state index contributed by atoms with van der Waals surface area (Å²) in [5.41, 5.74) is 0.973. The first-order chi connectivity index (χ1) is 9.10. The van der Waals surface area contributed by atoms with Crippen LogP contribution in [-0.4, -0.2) is 12.2 Å². The van der Waals surface area contributed by atoms with Gasteiger partial charge in [-0.1, -0.05) is 0 Å². The molecule has 2 aromatic carbocycles. The topological polar surface area (TPSA) is 29.1 Å². The summed E-state index contributed by atoms with van der Waals surface area (Å²) in [6.07, 6.45) is 1.97. The molecule has 19 heavy (non-hydrogen) atoms. The van der Waals surface area contributed by atoms with Crippen molar-refractivity contribution in [2.45, 2.75) is 4.90 Å². The summed E-state index contributed by atoms with van der Waals surface area (Å²) in [5.74, 6) is -0.662. The Kier molecular flexibility index (Phi) is 4.61. The highest BCUT2D eigenvalue weighted by Gasteiger charge is 2.07. The number of anilines is 1. The zero-order chi connectivity index (χ0) is 13.8. The van der Waals surface area contributed by atoms with E-state index in [2.05, 4.69) is 21.2 Å². The fraction of sp³-hybridized carbons (Fsp3) is 0.0714. The molecule has 1 amide bonds. The van der Waals surface area contributed by atoms with E-state index in [-0.39, 0.29) is 5.91 Å². The van der Waals surface area contributed by atoms with Gasteiger partial charge in [0, 0.05) is 16.1 Å². The zero-order valence-corrected chi connectivity index (χ0v) is 12.5. The Balaban J connectivity index is 2.13. The van der Waals surface area contributed by atoms with Gasteiger partial charge in [-0.25, -0.2) is 4.39 Å². The largest absolute Gasteiger partial charge is 0.322 e. The lowest BCUT2D eigenvalue weighted by Crippen LogP contribution is -2.11. The maximum atomic E-state index is 13.3. The summed E-state index contributed by atoms with van der Waals surface area (Å²) in [5, 5.41) is 2.66. The molecule has 0 aliphatic heterocycles. The van der Waals surface area contributed by atoms with Gasteiger partial charge in [-0.2, -0.15) is 0 Å². The number of nitrogens with one attached hydrogen (secondary N) is 1. The van der Waals surface area contributed by atoms with Crippen LogP contribution in [0.3, 0.4) is 0 Å². The lowest BCUT2D eigenvalue weighted by Gasteiger charge is -2.06. The maximum absolute atomic E-state index is 13.3. The number of rotatable bonds is 3. The van der Waals surface area contributed by atoms with Crippen LogP contribution in [0.25, 0.3) is 0 Å². The van der Waals surface area contributed by atoms with Crippen molar-refractivity contribution < 1.29 is 9.18 Å². The van der Waals surface area contributed by atoms with Gasteiger partial charge in [0.25, 0.3) is 5.91 Å². The van der Waals surface area contributed by atoms with Crippen molar-refractivity contribution in [1.82, 2.24) is 0 Å². The van der Waals surface area contributed by atoms with E-state index in [4.69, 9.17) is 0 Å². The van der Waals surface area contributed by atoms with Gasteiger partial charge in [-0.15, -0.1) is 11.8 Å². The Morgan fingerprint density at radius 1 is 1.21 bits per heavy atom. The Bertz CT molecular complexity index is 601. The van der Waals surface area contributed by atoms with E-state index in [0.29, 0.717) is 15.7 Å². The van der Waals surface area contributed by atoms with Crippen LogP contribution in [0.15, 0.2) is 51.8 Å². The minimum Gasteiger partial charge on any atom is -0.322 e. The van der Waals surface area contributed by atoms with Crippen molar-refractivity contribution in [2.75, 3.05) is 11.6 Å². The molecule has 0 saturated carbocycles. The summed E-state index contributed by atoms with van der Waals surface area (Å²) in [6, 6.07) is 11.7. The number of amides is 1. The normalized spacial score (nSPS) is 10.3. The predicted octanol–water partition coefficient (Wildman–Crippen LogP) is 4.56. The monoisotopic (exact) mass is 339 g/mol. The van der Waals surface area contributed by atoms with Gasteiger partial charge >= 0.3 is 0 Å². The van der Waals surface area contributed by atoms with Gasteiger partial charge in [0.1, 0.15) is 5.82 Å². The molecule has 0 fully saturated rings. The van der Waals surface area contributed by atoms with Crippen LogP contribution in [0.4, 0.5) is 10.1 Å². The molecule has 0 unspecified atom stereocenters. The van der Waals surface area contributed by atoms with Gasteiger partial charge in [-0.3, -0.25) is 4.79 Å². The number of benzene rings is 2. The third-order valence-electron chi connectivity index (χ3n) is 2.53. The highest BCUT2D eigenvalue weighted by atomic mass is 79.9. The van der Waals surface area contributed by atoms with E-state index < -0.39 is 5.82 Å². The Morgan fingerprint density at radius 2 is 1.89 bits per heavy atom. The lowest BCUT2D eigenvalue weighted by atomic mass is 10.2. The highest BCUT2D eigenvalue weighted by molar-refractivity contribution is 9.10. The summed E-state index contributed by atoms with van der Waals surface area (Å²) in [6.45, 7) is 0. The summed E-state index contributed by atoms with van der Waals surface area (Å²) >= 11 is 4.68. The first-order valence-corrected chi connectivity index (χ1v) is 7.52. The summed E-state index contributed by atoms with van der Waals surface area (Å²) < 4.78 is 13.7. The van der Waals surface area contributed by atoms with Crippen LogP contribution >= 0.6 is 27.7 Å². The second-order valence-electron chi connectivity index (χ2n) is 3.81. The second kappa shape index (κ2) is 6.21. The van der Waals surface area contributed by atoms with E-state index in [1.807, 2.05) is 18.4 Å². The molecular formula is C14H11BrFNOS. The smallest absolute Gasteiger partial charge is 0.255 e. The van der Waals surface area contributed by atoms with E-state index in [1.54, 1.807) is 36.0 Å². The average Bonchev–Trinajstić information content (AvgIpc) is 2.43. The Morgan fingerprint density at radius 3 is 2.47 bits per heavy atom. The van der Waals surface area contributed by atoms with Crippen molar-refractivity contribution in [1.29, 1.82) is 0 Å². The molecule has 0 saturated heterocycles. The molecule has 2 nitrogen and oxygen atoms in total. The van der Waals surface area contributed by atoms with Crippen molar-refractivity contribution in [3.05, 3.63) is 58.3 Å². The van der Waals surface area contributed by atoms with E-state index in [9.17, 15) is 9.18 Å². The van der Waals surface area contributed by atoms with E-state index >= 15 is 0 Å². The van der Waals surface area contributed by atoms with Crippen molar-refractivity contribution in [2.24, 2.45) is 0 Å². The molecule has 0 radical (unpaired) electrons. The minimum absolute atomic E-state index is 0.255. The number of hydrogen-bond acceptors (Lipinski definition) is 2. The molecule has 2 aromatic rings. The average molecular weight is 340 g/mol. The van der Waals surface area contributed by atoms with Gasteiger partial charge in [0.2, 0.25) is 0 Å². The molecule has 5 heteroatoms. The molecule has 0 aliphatic rings. The van der Waals surface area contributed by atoms with Gasteiger partial charge in [-0.05, 0) is 64.7 Å². The predicted molar refractivity (Wildman–Crippen MR) is 80.3 cm³/mol. The molecule has 0 heterocycles. The van der Waals surface area contributed by atoms with Crippen molar-refractivity contribution >= 4 is 39.3 Å². The first kappa shape index (κ1) is 14.1. The van der Waals surface area contributed by atoms with Crippen LogP contribution in [0.1, 0.15) is 10.4 Å².